The van der Waals surface area contributed by atoms with Crippen molar-refractivity contribution in [1.82, 2.24) is 0 Å². The van der Waals surface area contributed by atoms with Crippen molar-refractivity contribution in [2.24, 2.45) is 11.8 Å². The van der Waals surface area contributed by atoms with E-state index in [2.05, 4.69) is 13.0 Å². The molecule has 1 N–H and O–H groups in total. The molecule has 1 aliphatic carbocycles. The van der Waals surface area contributed by atoms with E-state index in [0.29, 0.717) is 24.7 Å². The number of phenols is 1. The third kappa shape index (κ3) is 4.74. The lowest BCUT2D eigenvalue weighted by Crippen LogP contribution is -2.16. The van der Waals surface area contributed by atoms with Gasteiger partial charge in [0.1, 0.15) is 23.9 Å². The molecule has 0 amide bonds. The number of aromatic hydroxyl groups is 1. The van der Waals surface area contributed by atoms with Crippen molar-refractivity contribution in [3.8, 4) is 16.9 Å². The van der Waals surface area contributed by atoms with Gasteiger partial charge in [0.15, 0.2) is 0 Å². The largest absolute Gasteiger partial charge is 0.506 e. The van der Waals surface area contributed by atoms with E-state index in [4.69, 9.17) is 25.8 Å². The zero-order valence-corrected chi connectivity index (χ0v) is 20.2. The number of hydrogen-bond donors (Lipinski definition) is 1. The van der Waals surface area contributed by atoms with Crippen LogP contribution in [0.25, 0.3) is 11.1 Å². The topological polar surface area (TPSA) is 65.0 Å². The molecule has 174 valence electrons. The molecule has 0 saturated heterocycles. The Morgan fingerprint density at radius 3 is 2.82 bits per heavy atom. The third-order valence-corrected chi connectivity index (χ3v) is 6.95. The highest BCUT2D eigenvalue weighted by Crippen LogP contribution is 2.41. The van der Waals surface area contributed by atoms with Crippen molar-refractivity contribution < 1.29 is 24.1 Å². The Morgan fingerprint density at radius 1 is 1.27 bits per heavy atom. The van der Waals surface area contributed by atoms with Gasteiger partial charge in [0.25, 0.3) is 0 Å². The fourth-order valence-electron chi connectivity index (χ4n) is 4.70. The summed E-state index contributed by atoms with van der Waals surface area (Å²) in [6.45, 7) is 6.96. The maximum atomic E-state index is 11.7. The minimum atomic E-state index is -0.212. The van der Waals surface area contributed by atoms with Crippen LogP contribution in [0.4, 0.5) is 0 Å². The van der Waals surface area contributed by atoms with E-state index in [1.54, 1.807) is 6.07 Å². The number of aryl methyl sites for hydroxylation is 1. The van der Waals surface area contributed by atoms with Gasteiger partial charge in [0, 0.05) is 17.9 Å². The molecule has 33 heavy (non-hydrogen) atoms. The molecule has 0 bridgehead atoms. The van der Waals surface area contributed by atoms with Crippen LogP contribution in [0.5, 0.6) is 5.75 Å². The molecule has 2 aliphatic rings. The maximum Gasteiger partial charge on any atom is 0.306 e. The number of allylic oxidation sites excluding steroid dienone is 2. The summed E-state index contributed by atoms with van der Waals surface area (Å²) in [5.41, 5.74) is 6.10. The Labute approximate surface area is 199 Å². The lowest BCUT2D eigenvalue weighted by molar-refractivity contribution is -0.141. The molecular formula is C27H29ClO5. The molecule has 1 unspecified atom stereocenters. The number of ether oxygens (including phenoxy) is 3. The zero-order valence-electron chi connectivity index (χ0n) is 19.4. The number of carbonyl (C=O) groups excluding carboxylic acids is 1. The van der Waals surface area contributed by atoms with Crippen LogP contribution in [-0.4, -0.2) is 24.8 Å². The molecule has 5 nitrogen and oxygen atoms in total. The predicted molar refractivity (Wildman–Crippen MR) is 128 cm³/mol. The van der Waals surface area contributed by atoms with Crippen LogP contribution in [-0.2, 0) is 25.6 Å². The lowest BCUT2D eigenvalue weighted by atomic mass is 9.85. The minimum absolute atomic E-state index is 0.0768. The quantitative estimate of drug-likeness (QED) is 0.509. The summed E-state index contributed by atoms with van der Waals surface area (Å²) in [7, 11) is 1.41. The van der Waals surface area contributed by atoms with Crippen LogP contribution in [0.15, 0.2) is 53.5 Å². The molecule has 0 spiro atoms. The number of benzene rings is 2. The van der Waals surface area contributed by atoms with Gasteiger partial charge in [-0.05, 0) is 65.8 Å². The minimum Gasteiger partial charge on any atom is -0.506 e. The second kappa shape index (κ2) is 9.52. The summed E-state index contributed by atoms with van der Waals surface area (Å²) < 4.78 is 16.9. The molecule has 2 atom stereocenters. The van der Waals surface area contributed by atoms with E-state index in [1.807, 2.05) is 38.1 Å². The van der Waals surface area contributed by atoms with Gasteiger partial charge >= 0.3 is 5.97 Å². The summed E-state index contributed by atoms with van der Waals surface area (Å²) in [5, 5.41) is 10.4. The average molecular weight is 469 g/mol. The molecule has 1 aliphatic heterocycles. The normalized spacial score (nSPS) is 19.6. The van der Waals surface area contributed by atoms with Gasteiger partial charge in [-0.3, -0.25) is 4.79 Å². The second-order valence-electron chi connectivity index (χ2n) is 8.85. The maximum absolute atomic E-state index is 11.7. The first-order valence-electron chi connectivity index (χ1n) is 11.1. The first-order valence-corrected chi connectivity index (χ1v) is 11.5. The molecule has 0 radical (unpaired) electrons. The summed E-state index contributed by atoms with van der Waals surface area (Å²) in [5.74, 6) is 1.89. The smallest absolute Gasteiger partial charge is 0.306 e. The number of methoxy groups -OCH3 is 1. The number of carbonyl (C=O) groups is 1. The molecular weight excluding hydrogens is 440 g/mol. The van der Waals surface area contributed by atoms with Gasteiger partial charge in [0.2, 0.25) is 0 Å². The highest BCUT2D eigenvalue weighted by atomic mass is 35.5. The van der Waals surface area contributed by atoms with Crippen molar-refractivity contribution in [3.63, 3.8) is 0 Å². The number of phenolic OH excluding ortho intramolecular Hbond substituents is 1. The Balaban J connectivity index is 1.51. The molecule has 0 fully saturated rings. The zero-order chi connectivity index (χ0) is 23.7. The van der Waals surface area contributed by atoms with Crippen molar-refractivity contribution >= 4 is 17.6 Å². The molecule has 6 heteroatoms. The average Bonchev–Trinajstić information content (AvgIpc) is 3.17. The van der Waals surface area contributed by atoms with E-state index >= 15 is 0 Å². The van der Waals surface area contributed by atoms with Crippen LogP contribution >= 0.6 is 11.6 Å². The van der Waals surface area contributed by atoms with Gasteiger partial charge in [-0.2, -0.15) is 0 Å². The van der Waals surface area contributed by atoms with Crippen LogP contribution < -0.4 is 0 Å². The van der Waals surface area contributed by atoms with Gasteiger partial charge in [-0.25, -0.2) is 0 Å². The Bertz CT molecular complexity index is 1150. The van der Waals surface area contributed by atoms with Gasteiger partial charge in [-0.1, -0.05) is 36.7 Å². The van der Waals surface area contributed by atoms with E-state index < -0.39 is 0 Å². The molecule has 1 heterocycles. The van der Waals surface area contributed by atoms with Gasteiger partial charge in [-0.15, -0.1) is 0 Å². The fraction of sp³-hybridized carbons (Fsp3) is 0.370. The van der Waals surface area contributed by atoms with Crippen LogP contribution in [0.2, 0.25) is 5.02 Å². The van der Waals surface area contributed by atoms with E-state index in [0.717, 1.165) is 45.8 Å². The van der Waals surface area contributed by atoms with Crippen LogP contribution in [0.3, 0.4) is 0 Å². The van der Waals surface area contributed by atoms with E-state index in [1.165, 1.54) is 12.7 Å². The van der Waals surface area contributed by atoms with Crippen molar-refractivity contribution in [3.05, 3.63) is 75.2 Å². The number of esters is 1. The number of halogens is 1. The molecule has 0 saturated carbocycles. The molecule has 2 aromatic carbocycles. The first-order chi connectivity index (χ1) is 15.8. The Hall–Kier alpha value is -2.92. The Morgan fingerprint density at radius 2 is 2.06 bits per heavy atom. The SMILES string of the molecule is COC(=O)C[C@@H]1COC2=C1CC(C)C(OCc1cccc(-c3c(C)cc(O)c(Cl)c3C)c1)=C2. The standard InChI is InChI=1S/C27H29ClO5/c1-15-8-21-20(11-25(30)31-4)14-33-24(21)12-23(15)32-13-18-6-5-7-19(10-18)26-16(2)9-22(29)27(28)17(26)3/h5-7,9-10,12,15,20,29H,8,11,13-14H2,1-4H3/t15?,20-/m1/s1. The summed E-state index contributed by atoms with van der Waals surface area (Å²) in [4.78, 5) is 11.7. The Kier molecular flexibility index (Phi) is 6.71. The number of hydrogen-bond acceptors (Lipinski definition) is 5. The highest BCUT2D eigenvalue weighted by Gasteiger charge is 2.34. The van der Waals surface area contributed by atoms with Crippen LogP contribution in [0, 0.1) is 25.7 Å². The first kappa shape index (κ1) is 23.2. The summed E-state index contributed by atoms with van der Waals surface area (Å²) in [6, 6.07) is 9.88. The molecule has 0 aromatic heterocycles. The molecule has 4 rings (SSSR count). The lowest BCUT2D eigenvalue weighted by Gasteiger charge is -2.23. The monoisotopic (exact) mass is 468 g/mol. The van der Waals surface area contributed by atoms with Crippen molar-refractivity contribution in [2.45, 2.75) is 40.2 Å². The number of rotatable bonds is 6. The summed E-state index contributed by atoms with van der Waals surface area (Å²) >= 11 is 6.29. The van der Waals surface area contributed by atoms with Crippen LogP contribution in [0.1, 0.15) is 36.5 Å². The van der Waals surface area contributed by atoms with E-state index in [-0.39, 0.29) is 23.6 Å². The molecule has 2 aromatic rings. The predicted octanol–water partition coefficient (Wildman–Crippen LogP) is 6.23. The fourth-order valence-corrected chi connectivity index (χ4v) is 4.85. The van der Waals surface area contributed by atoms with Crippen molar-refractivity contribution in [1.29, 1.82) is 0 Å². The van der Waals surface area contributed by atoms with Crippen molar-refractivity contribution in [2.75, 3.05) is 13.7 Å². The van der Waals surface area contributed by atoms with Gasteiger partial charge in [0.05, 0.1) is 25.2 Å². The van der Waals surface area contributed by atoms with E-state index in [9.17, 15) is 9.90 Å². The third-order valence-electron chi connectivity index (χ3n) is 6.47. The second-order valence-corrected chi connectivity index (χ2v) is 9.22. The van der Waals surface area contributed by atoms with Gasteiger partial charge < -0.3 is 19.3 Å². The highest BCUT2D eigenvalue weighted by molar-refractivity contribution is 6.33. The summed E-state index contributed by atoms with van der Waals surface area (Å²) in [6.07, 6.45) is 3.13.